The Morgan fingerprint density at radius 1 is 1.04 bits per heavy atom. The largest absolute Gasteiger partial charge is 0.397 e. The minimum absolute atomic E-state index is 0.459. The van der Waals surface area contributed by atoms with Crippen molar-refractivity contribution in [3.63, 3.8) is 0 Å². The molecule has 26 heavy (non-hydrogen) atoms. The molecule has 0 amide bonds. The van der Waals surface area contributed by atoms with Gasteiger partial charge in [-0.15, -0.1) is 11.8 Å². The summed E-state index contributed by atoms with van der Waals surface area (Å²) in [5.41, 5.74) is 15.0. The number of thiocarbonyl (C=S) groups is 1. The zero-order chi connectivity index (χ0) is 18.5. The summed E-state index contributed by atoms with van der Waals surface area (Å²) in [5, 5.41) is 6.66. The van der Waals surface area contributed by atoms with Crippen LogP contribution in [0.1, 0.15) is 0 Å². The number of hydrogen-bond donors (Lipinski definition) is 4. The third-order valence-corrected chi connectivity index (χ3v) is 4.57. The van der Waals surface area contributed by atoms with E-state index in [4.69, 9.17) is 23.7 Å². The molecule has 1 aromatic heterocycles. The molecular weight excluding hydrogens is 364 g/mol. The standard InChI is InChI=1S/C18H18N6S2/c1-26-15-10-21-17(24-16(15)20)11-6-8-12(9-7-11)22-18(25)23-14-5-3-2-4-13(14)19/h2-10H,19H2,1H3,(H2,20,21,24)(H2,22,23,25). The molecule has 0 atom stereocenters. The van der Waals surface area contributed by atoms with Gasteiger partial charge in [0.25, 0.3) is 0 Å². The van der Waals surface area contributed by atoms with Crippen LogP contribution in [0.3, 0.4) is 0 Å². The molecule has 0 radical (unpaired) electrons. The van der Waals surface area contributed by atoms with Gasteiger partial charge >= 0.3 is 0 Å². The van der Waals surface area contributed by atoms with E-state index in [1.807, 2.05) is 54.8 Å². The fraction of sp³-hybridized carbons (Fsp3) is 0.0556. The number of rotatable bonds is 4. The van der Waals surface area contributed by atoms with Crippen LogP contribution in [0.25, 0.3) is 11.4 Å². The summed E-state index contributed by atoms with van der Waals surface area (Å²) in [6.07, 6.45) is 3.67. The zero-order valence-electron chi connectivity index (χ0n) is 14.1. The number of nitrogens with two attached hydrogens (primary N) is 2. The third-order valence-electron chi connectivity index (χ3n) is 3.61. The lowest BCUT2D eigenvalue weighted by Crippen LogP contribution is -2.19. The van der Waals surface area contributed by atoms with E-state index >= 15 is 0 Å². The molecule has 0 spiro atoms. The molecule has 0 fully saturated rings. The maximum absolute atomic E-state index is 5.93. The molecule has 0 bridgehead atoms. The van der Waals surface area contributed by atoms with E-state index in [0.717, 1.165) is 21.8 Å². The predicted molar refractivity (Wildman–Crippen MR) is 114 cm³/mol. The van der Waals surface area contributed by atoms with Crippen molar-refractivity contribution in [2.24, 2.45) is 0 Å². The molecule has 0 aliphatic rings. The first-order valence-electron chi connectivity index (χ1n) is 7.76. The van der Waals surface area contributed by atoms with Crippen LogP contribution in [0.15, 0.2) is 59.6 Å². The van der Waals surface area contributed by atoms with Crippen LogP contribution < -0.4 is 22.1 Å². The normalized spacial score (nSPS) is 10.3. The van der Waals surface area contributed by atoms with E-state index in [2.05, 4.69) is 20.6 Å². The maximum atomic E-state index is 5.93. The van der Waals surface area contributed by atoms with Crippen molar-refractivity contribution in [1.29, 1.82) is 0 Å². The summed E-state index contributed by atoms with van der Waals surface area (Å²) in [5.74, 6) is 1.07. The van der Waals surface area contributed by atoms with Gasteiger partial charge in [-0.3, -0.25) is 0 Å². The molecule has 0 saturated heterocycles. The lowest BCUT2D eigenvalue weighted by atomic mass is 10.2. The molecular formula is C18H18N6S2. The van der Waals surface area contributed by atoms with Crippen LogP contribution in [-0.2, 0) is 0 Å². The topological polar surface area (TPSA) is 102 Å². The summed E-state index contributed by atoms with van der Waals surface area (Å²) in [6.45, 7) is 0. The fourth-order valence-corrected chi connectivity index (χ4v) is 2.92. The zero-order valence-corrected chi connectivity index (χ0v) is 15.7. The molecule has 6 nitrogen and oxygen atoms in total. The summed E-state index contributed by atoms with van der Waals surface area (Å²) < 4.78 is 0. The first kappa shape index (κ1) is 18.0. The third kappa shape index (κ3) is 4.22. The first-order chi connectivity index (χ1) is 12.6. The van der Waals surface area contributed by atoms with E-state index in [-0.39, 0.29) is 0 Å². The second-order valence-corrected chi connectivity index (χ2v) is 6.65. The van der Waals surface area contributed by atoms with Crippen LogP contribution in [0.4, 0.5) is 22.9 Å². The Morgan fingerprint density at radius 2 is 1.77 bits per heavy atom. The molecule has 8 heteroatoms. The van der Waals surface area contributed by atoms with Crippen LogP contribution in [-0.4, -0.2) is 21.3 Å². The minimum Gasteiger partial charge on any atom is -0.397 e. The molecule has 3 rings (SSSR count). The second-order valence-electron chi connectivity index (χ2n) is 5.39. The Kier molecular flexibility index (Phi) is 5.55. The highest BCUT2D eigenvalue weighted by Gasteiger charge is 2.07. The molecule has 0 saturated carbocycles. The average Bonchev–Trinajstić information content (AvgIpc) is 2.64. The highest BCUT2D eigenvalue weighted by molar-refractivity contribution is 7.98. The average molecular weight is 383 g/mol. The Labute approximate surface area is 161 Å². The Morgan fingerprint density at radius 3 is 2.42 bits per heavy atom. The second kappa shape index (κ2) is 8.03. The van der Waals surface area contributed by atoms with E-state index in [9.17, 15) is 0 Å². The Bertz CT molecular complexity index is 927. The van der Waals surface area contributed by atoms with Gasteiger partial charge in [0.15, 0.2) is 10.9 Å². The van der Waals surface area contributed by atoms with Crippen LogP contribution in [0.5, 0.6) is 0 Å². The first-order valence-corrected chi connectivity index (χ1v) is 9.39. The predicted octanol–water partition coefficient (Wildman–Crippen LogP) is 3.84. The van der Waals surface area contributed by atoms with Gasteiger partial charge in [0.05, 0.1) is 16.3 Å². The number of nitrogens with zero attached hydrogens (tertiary/aromatic N) is 2. The summed E-state index contributed by atoms with van der Waals surface area (Å²) in [6, 6.07) is 15.1. The van der Waals surface area contributed by atoms with Crippen LogP contribution >= 0.6 is 24.0 Å². The molecule has 6 N–H and O–H groups in total. The smallest absolute Gasteiger partial charge is 0.175 e. The number of nitrogen functional groups attached to an aromatic ring is 2. The van der Waals surface area contributed by atoms with Crippen molar-refractivity contribution in [2.75, 3.05) is 28.4 Å². The molecule has 2 aromatic carbocycles. The van der Waals surface area contributed by atoms with Gasteiger partial charge in [0, 0.05) is 17.4 Å². The molecule has 0 unspecified atom stereocenters. The van der Waals surface area contributed by atoms with Gasteiger partial charge in [-0.2, -0.15) is 0 Å². The highest BCUT2D eigenvalue weighted by atomic mass is 32.2. The van der Waals surface area contributed by atoms with Gasteiger partial charge in [0.2, 0.25) is 0 Å². The van der Waals surface area contributed by atoms with Gasteiger partial charge < -0.3 is 22.1 Å². The van der Waals surface area contributed by atoms with Crippen molar-refractivity contribution < 1.29 is 0 Å². The minimum atomic E-state index is 0.459. The Balaban J connectivity index is 1.69. The van der Waals surface area contributed by atoms with Crippen LogP contribution in [0, 0.1) is 0 Å². The number of nitrogens with one attached hydrogen (secondary N) is 2. The van der Waals surface area contributed by atoms with Crippen molar-refractivity contribution >= 4 is 52.0 Å². The molecule has 0 aliphatic heterocycles. The lowest BCUT2D eigenvalue weighted by Gasteiger charge is -2.12. The number of para-hydroxylation sites is 2. The van der Waals surface area contributed by atoms with Gasteiger partial charge in [-0.25, -0.2) is 9.97 Å². The SMILES string of the molecule is CSc1cnc(-c2ccc(NC(=S)Nc3ccccc3N)cc2)nc1N. The number of anilines is 4. The van der Waals surface area contributed by atoms with Crippen molar-refractivity contribution in [2.45, 2.75) is 4.90 Å². The molecule has 0 aliphatic carbocycles. The highest BCUT2D eigenvalue weighted by Crippen LogP contribution is 2.24. The maximum Gasteiger partial charge on any atom is 0.175 e. The molecule has 132 valence electrons. The number of hydrogen-bond acceptors (Lipinski definition) is 6. The van der Waals surface area contributed by atoms with E-state index in [1.54, 1.807) is 6.20 Å². The fourth-order valence-electron chi connectivity index (χ4n) is 2.28. The van der Waals surface area contributed by atoms with Gasteiger partial charge in [0.1, 0.15) is 5.82 Å². The summed E-state index contributed by atoms with van der Waals surface area (Å²) >= 11 is 6.85. The van der Waals surface area contributed by atoms with Crippen molar-refractivity contribution in [3.05, 3.63) is 54.7 Å². The van der Waals surface area contributed by atoms with Crippen molar-refractivity contribution in [3.8, 4) is 11.4 Å². The van der Waals surface area contributed by atoms with Crippen LogP contribution in [0.2, 0.25) is 0 Å². The summed E-state index contributed by atoms with van der Waals surface area (Å²) in [7, 11) is 0. The molecule has 1 heterocycles. The van der Waals surface area contributed by atoms with Gasteiger partial charge in [-0.1, -0.05) is 12.1 Å². The Hall–Kier alpha value is -2.84. The molecule has 3 aromatic rings. The number of benzene rings is 2. The van der Waals surface area contributed by atoms with E-state index in [0.29, 0.717) is 22.4 Å². The lowest BCUT2D eigenvalue weighted by molar-refractivity contribution is 1.12. The van der Waals surface area contributed by atoms with Crippen molar-refractivity contribution in [1.82, 2.24) is 9.97 Å². The number of thioether (sulfide) groups is 1. The number of aromatic nitrogens is 2. The van der Waals surface area contributed by atoms with Gasteiger partial charge in [-0.05, 0) is 54.9 Å². The quantitative estimate of drug-likeness (QED) is 0.307. The van der Waals surface area contributed by atoms with E-state index < -0.39 is 0 Å². The van der Waals surface area contributed by atoms with E-state index in [1.165, 1.54) is 11.8 Å². The summed E-state index contributed by atoms with van der Waals surface area (Å²) in [4.78, 5) is 9.56. The monoisotopic (exact) mass is 382 g/mol.